The Labute approximate surface area is 333 Å². The Bertz CT molecular complexity index is 2940. The molecule has 0 aliphatic carbocycles. The molecule has 3 nitrogen and oxygen atoms in total. The maximum absolute atomic E-state index is 5.25. The van der Waals surface area contributed by atoms with Crippen molar-refractivity contribution in [2.45, 2.75) is 6.54 Å². The van der Waals surface area contributed by atoms with E-state index in [4.69, 9.17) is 9.98 Å². The lowest BCUT2D eigenvalue weighted by Gasteiger charge is -2.13. The van der Waals surface area contributed by atoms with Crippen molar-refractivity contribution >= 4 is 39.9 Å². The van der Waals surface area contributed by atoms with Crippen molar-refractivity contribution in [2.24, 2.45) is 15.0 Å². The van der Waals surface area contributed by atoms with Gasteiger partial charge in [0, 0.05) is 11.1 Å². The molecule has 270 valence electrons. The van der Waals surface area contributed by atoms with E-state index >= 15 is 0 Å². The SMILES string of the molecule is C=NC(=NC(=NCc1cccc(-c2cccc(-c3ccccc3)c2)c1)c1cccc(-c2cc3ccccc3c3ccccc23)c1)c1cccc(-c2ccccc2)c1. The zero-order chi connectivity index (χ0) is 38.4. The highest BCUT2D eigenvalue weighted by Gasteiger charge is 2.13. The Morgan fingerprint density at radius 1 is 0.368 bits per heavy atom. The van der Waals surface area contributed by atoms with Gasteiger partial charge in [-0.25, -0.2) is 9.98 Å². The fourth-order valence-electron chi connectivity index (χ4n) is 7.59. The van der Waals surface area contributed by atoms with E-state index in [1.165, 1.54) is 32.7 Å². The molecule has 0 unspecified atom stereocenters. The summed E-state index contributed by atoms with van der Waals surface area (Å²) in [6.07, 6.45) is 0. The minimum Gasteiger partial charge on any atom is -0.261 e. The quantitative estimate of drug-likeness (QED) is 0.0848. The Kier molecular flexibility index (Phi) is 9.94. The lowest BCUT2D eigenvalue weighted by atomic mass is 9.92. The third-order valence-corrected chi connectivity index (χ3v) is 10.4. The summed E-state index contributed by atoms with van der Waals surface area (Å²) >= 11 is 0. The third kappa shape index (κ3) is 7.60. The number of hydrogen-bond donors (Lipinski definition) is 0. The molecule has 0 aromatic heterocycles. The summed E-state index contributed by atoms with van der Waals surface area (Å²) in [7, 11) is 0. The van der Waals surface area contributed by atoms with Gasteiger partial charge in [0.05, 0.1) is 6.54 Å². The van der Waals surface area contributed by atoms with E-state index < -0.39 is 0 Å². The molecule has 0 heterocycles. The van der Waals surface area contributed by atoms with Crippen LogP contribution >= 0.6 is 0 Å². The highest BCUT2D eigenvalue weighted by molar-refractivity contribution is 6.15. The normalized spacial score (nSPS) is 11.9. The molecule has 3 heteroatoms. The van der Waals surface area contributed by atoms with Crippen molar-refractivity contribution in [3.8, 4) is 44.5 Å². The lowest BCUT2D eigenvalue weighted by molar-refractivity contribution is 1.06. The van der Waals surface area contributed by atoms with E-state index in [-0.39, 0.29) is 0 Å². The summed E-state index contributed by atoms with van der Waals surface area (Å²) < 4.78 is 0. The number of benzene rings is 9. The van der Waals surface area contributed by atoms with Crippen molar-refractivity contribution in [1.29, 1.82) is 0 Å². The molecule has 0 saturated heterocycles. The van der Waals surface area contributed by atoms with Gasteiger partial charge in [-0.1, -0.05) is 182 Å². The highest BCUT2D eigenvalue weighted by atomic mass is 15.0. The first-order valence-corrected chi connectivity index (χ1v) is 19.2. The van der Waals surface area contributed by atoms with Crippen molar-refractivity contribution in [2.75, 3.05) is 0 Å². The molecule has 9 aromatic rings. The second-order valence-electron chi connectivity index (χ2n) is 14.1. The molecule has 0 radical (unpaired) electrons. The van der Waals surface area contributed by atoms with E-state index in [2.05, 4.69) is 188 Å². The van der Waals surface area contributed by atoms with Gasteiger partial charge in [0.15, 0.2) is 11.7 Å². The average Bonchev–Trinajstić information content (AvgIpc) is 3.29. The van der Waals surface area contributed by atoms with Crippen LogP contribution in [0.15, 0.2) is 227 Å². The van der Waals surface area contributed by atoms with Crippen LogP contribution in [0, 0.1) is 0 Å². The zero-order valence-corrected chi connectivity index (χ0v) is 31.5. The molecular weight excluding hydrogens is 691 g/mol. The molecule has 0 aliphatic rings. The van der Waals surface area contributed by atoms with Crippen molar-refractivity contribution < 1.29 is 0 Å². The third-order valence-electron chi connectivity index (χ3n) is 10.4. The monoisotopic (exact) mass is 729 g/mol. The largest absolute Gasteiger partial charge is 0.261 e. The van der Waals surface area contributed by atoms with Crippen LogP contribution in [-0.4, -0.2) is 18.4 Å². The molecule has 0 saturated carbocycles. The Hall–Kier alpha value is -7.49. The van der Waals surface area contributed by atoms with Gasteiger partial charge in [-0.05, 0) is 109 Å². The van der Waals surface area contributed by atoms with Crippen molar-refractivity contribution in [3.63, 3.8) is 0 Å². The van der Waals surface area contributed by atoms with Gasteiger partial charge < -0.3 is 0 Å². The summed E-state index contributed by atoms with van der Waals surface area (Å²) in [5.74, 6) is 1.10. The van der Waals surface area contributed by atoms with Crippen LogP contribution in [0.25, 0.3) is 66.1 Å². The summed E-state index contributed by atoms with van der Waals surface area (Å²) in [4.78, 5) is 14.9. The number of fused-ring (bicyclic) bond motifs is 3. The topological polar surface area (TPSA) is 37.1 Å². The predicted molar refractivity (Wildman–Crippen MR) is 242 cm³/mol. The molecule has 0 fully saturated rings. The summed E-state index contributed by atoms with van der Waals surface area (Å²) in [5.41, 5.74) is 12.0. The molecule has 0 amide bonds. The van der Waals surface area contributed by atoms with Gasteiger partial charge in [-0.3, -0.25) is 4.99 Å². The van der Waals surface area contributed by atoms with Crippen LogP contribution in [0.3, 0.4) is 0 Å². The highest BCUT2D eigenvalue weighted by Crippen LogP contribution is 2.35. The van der Waals surface area contributed by atoms with Gasteiger partial charge in [0.1, 0.15) is 0 Å². The van der Waals surface area contributed by atoms with Crippen molar-refractivity contribution in [1.82, 2.24) is 0 Å². The van der Waals surface area contributed by atoms with E-state index in [0.29, 0.717) is 18.2 Å². The minimum absolute atomic E-state index is 0.433. The summed E-state index contributed by atoms with van der Waals surface area (Å²) in [6, 6.07) is 74.5. The molecule has 0 aliphatic heterocycles. The number of amidine groups is 2. The fourth-order valence-corrected chi connectivity index (χ4v) is 7.59. The number of hydrogen-bond acceptors (Lipinski definition) is 1. The van der Waals surface area contributed by atoms with E-state index in [9.17, 15) is 0 Å². The van der Waals surface area contributed by atoms with Crippen LogP contribution in [0.1, 0.15) is 16.7 Å². The number of aliphatic imine (C=N–C) groups is 3. The van der Waals surface area contributed by atoms with Gasteiger partial charge in [-0.15, -0.1) is 0 Å². The van der Waals surface area contributed by atoms with Crippen molar-refractivity contribution in [3.05, 3.63) is 229 Å². The first-order valence-electron chi connectivity index (χ1n) is 19.2. The molecule has 9 rings (SSSR count). The van der Waals surface area contributed by atoms with E-state index in [0.717, 1.165) is 50.1 Å². The van der Waals surface area contributed by atoms with Crippen LogP contribution in [0.2, 0.25) is 0 Å². The first-order chi connectivity index (χ1) is 28.2. The second kappa shape index (κ2) is 16.1. The lowest BCUT2D eigenvalue weighted by Crippen LogP contribution is -2.06. The van der Waals surface area contributed by atoms with Gasteiger partial charge in [0.2, 0.25) is 0 Å². The number of rotatable bonds is 8. The molecule has 9 aromatic carbocycles. The summed E-state index contributed by atoms with van der Waals surface area (Å²) in [5, 5.41) is 4.88. The average molecular weight is 730 g/mol. The zero-order valence-electron chi connectivity index (χ0n) is 31.5. The fraction of sp³-hybridized carbons (Fsp3) is 0.0185. The molecule has 0 N–H and O–H groups in total. The van der Waals surface area contributed by atoms with Gasteiger partial charge >= 0.3 is 0 Å². The second-order valence-corrected chi connectivity index (χ2v) is 14.1. The molecule has 57 heavy (non-hydrogen) atoms. The first kappa shape index (κ1) is 35.2. The molecule has 0 bridgehead atoms. The standard InChI is InChI=1S/C54H39N3/c1-55-53(47-27-14-24-43(34-47)40-19-6-3-7-20-40)57-54(56-37-38-16-12-22-41(32-38)44-25-13-23-42(33-44)39-17-4-2-5-18-39)48-28-15-26-45(35-48)52-36-46-21-8-9-29-49(46)50-30-10-11-31-51(50)52/h2-36H,1,37H2. The van der Waals surface area contributed by atoms with Crippen LogP contribution in [0.5, 0.6) is 0 Å². The minimum atomic E-state index is 0.433. The summed E-state index contributed by atoms with van der Waals surface area (Å²) in [6.45, 7) is 4.40. The maximum atomic E-state index is 5.25. The Morgan fingerprint density at radius 2 is 0.860 bits per heavy atom. The molecule has 0 spiro atoms. The van der Waals surface area contributed by atoms with Crippen LogP contribution in [-0.2, 0) is 6.54 Å². The molecular formula is C54H39N3. The molecule has 0 atom stereocenters. The van der Waals surface area contributed by atoms with Gasteiger partial charge in [0.25, 0.3) is 0 Å². The van der Waals surface area contributed by atoms with E-state index in [1.54, 1.807) is 0 Å². The smallest absolute Gasteiger partial charge is 0.161 e. The number of nitrogens with zero attached hydrogens (tertiary/aromatic N) is 3. The van der Waals surface area contributed by atoms with E-state index in [1.807, 2.05) is 36.4 Å². The Morgan fingerprint density at radius 3 is 1.56 bits per heavy atom. The predicted octanol–water partition coefficient (Wildman–Crippen LogP) is 13.8. The maximum Gasteiger partial charge on any atom is 0.161 e. The van der Waals surface area contributed by atoms with Gasteiger partial charge in [-0.2, -0.15) is 0 Å². The van der Waals surface area contributed by atoms with Crippen LogP contribution in [0.4, 0.5) is 0 Å². The Balaban J connectivity index is 1.13. The van der Waals surface area contributed by atoms with Crippen LogP contribution < -0.4 is 0 Å².